The quantitative estimate of drug-likeness (QED) is 0.753. The summed E-state index contributed by atoms with van der Waals surface area (Å²) in [4.78, 5) is 28.3. The number of carbonyl (C=O) groups excluding carboxylic acids is 2. The van der Waals surface area contributed by atoms with E-state index in [9.17, 15) is 22.8 Å². The molecular formula is C21H20F3N3O4. The average molecular weight is 435 g/mol. The van der Waals surface area contributed by atoms with Crippen molar-refractivity contribution in [3.05, 3.63) is 52.8 Å². The van der Waals surface area contributed by atoms with Crippen LogP contribution in [0.4, 0.5) is 23.7 Å². The summed E-state index contributed by atoms with van der Waals surface area (Å²) >= 11 is 0. The van der Waals surface area contributed by atoms with E-state index in [1.54, 1.807) is 11.0 Å². The summed E-state index contributed by atoms with van der Waals surface area (Å²) < 4.78 is 51.3. The lowest BCUT2D eigenvalue weighted by atomic mass is 9.90. The van der Waals surface area contributed by atoms with Gasteiger partial charge in [-0.15, -0.1) is 0 Å². The van der Waals surface area contributed by atoms with Gasteiger partial charge in [0.1, 0.15) is 6.54 Å². The number of nitrogens with zero attached hydrogens (tertiary/aromatic N) is 2. The van der Waals surface area contributed by atoms with E-state index in [2.05, 4.69) is 5.32 Å². The zero-order valence-electron chi connectivity index (χ0n) is 16.9. The van der Waals surface area contributed by atoms with Gasteiger partial charge in [0, 0.05) is 13.1 Å². The number of benzene rings is 2. The molecule has 164 valence electrons. The van der Waals surface area contributed by atoms with Crippen LogP contribution in [0.1, 0.15) is 17.2 Å². The number of anilines is 1. The van der Waals surface area contributed by atoms with Gasteiger partial charge in [-0.3, -0.25) is 4.79 Å². The van der Waals surface area contributed by atoms with Crippen molar-refractivity contribution in [3.8, 4) is 11.5 Å². The lowest BCUT2D eigenvalue weighted by Gasteiger charge is -2.44. The van der Waals surface area contributed by atoms with Gasteiger partial charge in [-0.2, -0.15) is 0 Å². The molecule has 1 atom stereocenters. The summed E-state index contributed by atoms with van der Waals surface area (Å²) in [7, 11) is 3.04. The van der Waals surface area contributed by atoms with Crippen LogP contribution in [0, 0.1) is 17.5 Å². The molecule has 10 heteroatoms. The van der Waals surface area contributed by atoms with Crippen LogP contribution in [0.2, 0.25) is 0 Å². The van der Waals surface area contributed by atoms with Crippen LogP contribution >= 0.6 is 0 Å². The normalized spacial score (nSPS) is 17.7. The molecule has 3 amide bonds. The molecule has 0 aliphatic carbocycles. The number of rotatable bonds is 3. The first-order valence-corrected chi connectivity index (χ1v) is 9.57. The van der Waals surface area contributed by atoms with Gasteiger partial charge in [-0.1, -0.05) is 0 Å². The largest absolute Gasteiger partial charge is 0.493 e. The van der Waals surface area contributed by atoms with Crippen molar-refractivity contribution in [1.29, 1.82) is 0 Å². The predicted molar refractivity (Wildman–Crippen MR) is 105 cm³/mol. The van der Waals surface area contributed by atoms with Crippen molar-refractivity contribution in [2.45, 2.75) is 12.5 Å². The summed E-state index contributed by atoms with van der Waals surface area (Å²) in [5.41, 5.74) is 1.29. The minimum Gasteiger partial charge on any atom is -0.493 e. The van der Waals surface area contributed by atoms with E-state index in [-0.39, 0.29) is 19.0 Å². The van der Waals surface area contributed by atoms with E-state index < -0.39 is 35.2 Å². The minimum absolute atomic E-state index is 0.144. The van der Waals surface area contributed by atoms with E-state index in [1.807, 2.05) is 6.07 Å². The molecule has 2 aliphatic heterocycles. The van der Waals surface area contributed by atoms with Crippen molar-refractivity contribution in [1.82, 2.24) is 9.80 Å². The summed E-state index contributed by atoms with van der Waals surface area (Å²) in [6.45, 7) is 0.418. The first-order valence-electron chi connectivity index (χ1n) is 9.57. The Morgan fingerprint density at radius 3 is 2.52 bits per heavy atom. The molecule has 0 radical (unpaired) electrons. The third-order valence-electron chi connectivity index (χ3n) is 5.61. The number of fused-ring (bicyclic) bond motifs is 3. The van der Waals surface area contributed by atoms with E-state index in [1.165, 1.54) is 19.1 Å². The van der Waals surface area contributed by atoms with Gasteiger partial charge in [-0.05, 0) is 41.8 Å². The Morgan fingerprint density at radius 2 is 1.81 bits per heavy atom. The van der Waals surface area contributed by atoms with Crippen LogP contribution in [-0.4, -0.2) is 55.6 Å². The fourth-order valence-electron chi connectivity index (χ4n) is 4.02. The molecule has 1 unspecified atom stereocenters. The second-order valence-corrected chi connectivity index (χ2v) is 7.29. The maximum atomic E-state index is 13.9. The molecule has 0 spiro atoms. The fraction of sp³-hybridized carbons (Fsp3) is 0.333. The molecule has 0 aromatic heterocycles. The first kappa shape index (κ1) is 20.8. The molecular weight excluding hydrogens is 415 g/mol. The number of piperazine rings is 1. The topological polar surface area (TPSA) is 71.1 Å². The van der Waals surface area contributed by atoms with Gasteiger partial charge in [0.15, 0.2) is 29.0 Å². The van der Waals surface area contributed by atoms with E-state index in [4.69, 9.17) is 9.47 Å². The molecule has 4 rings (SSSR count). The molecule has 2 heterocycles. The number of amides is 3. The van der Waals surface area contributed by atoms with Crippen LogP contribution in [0.3, 0.4) is 0 Å². The summed E-state index contributed by atoms with van der Waals surface area (Å²) in [5, 5.41) is 2.22. The number of halogens is 3. The molecule has 7 nitrogen and oxygen atoms in total. The molecule has 2 aromatic rings. The van der Waals surface area contributed by atoms with Gasteiger partial charge < -0.3 is 24.6 Å². The second kappa shape index (κ2) is 8.01. The van der Waals surface area contributed by atoms with E-state index in [0.29, 0.717) is 30.5 Å². The molecule has 31 heavy (non-hydrogen) atoms. The maximum absolute atomic E-state index is 13.9. The summed E-state index contributed by atoms with van der Waals surface area (Å²) in [6, 6.07) is 4.07. The minimum atomic E-state index is -1.68. The van der Waals surface area contributed by atoms with Crippen LogP contribution < -0.4 is 14.8 Å². The highest BCUT2D eigenvalue weighted by Crippen LogP contribution is 2.39. The highest BCUT2D eigenvalue weighted by Gasteiger charge is 2.39. The number of urea groups is 1. The van der Waals surface area contributed by atoms with Crippen molar-refractivity contribution in [3.63, 3.8) is 0 Å². The highest BCUT2D eigenvalue weighted by atomic mass is 19.2. The zero-order valence-corrected chi connectivity index (χ0v) is 16.9. The zero-order chi connectivity index (χ0) is 22.3. The molecule has 2 aliphatic rings. The summed E-state index contributed by atoms with van der Waals surface area (Å²) in [5.74, 6) is -3.74. The number of hydrogen-bond acceptors (Lipinski definition) is 4. The van der Waals surface area contributed by atoms with Gasteiger partial charge in [-0.25, -0.2) is 18.0 Å². The van der Waals surface area contributed by atoms with Gasteiger partial charge in [0.25, 0.3) is 0 Å². The van der Waals surface area contributed by atoms with Crippen molar-refractivity contribution in [2.75, 3.05) is 39.2 Å². The number of methoxy groups -OCH3 is 2. The van der Waals surface area contributed by atoms with Gasteiger partial charge >= 0.3 is 6.03 Å². The molecule has 0 bridgehead atoms. The van der Waals surface area contributed by atoms with Crippen molar-refractivity contribution < 1.29 is 32.2 Å². The SMILES string of the molecule is COc1cc2c(cc1OC)C1CN(C(=O)Nc3ccc(F)c(F)c3F)CC(=O)N1CC2. The average Bonchev–Trinajstić information content (AvgIpc) is 2.78. The molecule has 2 aromatic carbocycles. The van der Waals surface area contributed by atoms with Gasteiger partial charge in [0.2, 0.25) is 5.91 Å². The van der Waals surface area contributed by atoms with E-state index >= 15 is 0 Å². The smallest absolute Gasteiger partial charge is 0.322 e. The Bertz CT molecular complexity index is 1060. The number of hydrogen-bond donors (Lipinski definition) is 1. The maximum Gasteiger partial charge on any atom is 0.322 e. The summed E-state index contributed by atoms with van der Waals surface area (Å²) in [6.07, 6.45) is 0.629. The molecule has 1 saturated heterocycles. The lowest BCUT2D eigenvalue weighted by molar-refractivity contribution is -0.139. The second-order valence-electron chi connectivity index (χ2n) is 7.29. The lowest BCUT2D eigenvalue weighted by Crippen LogP contribution is -2.56. The van der Waals surface area contributed by atoms with E-state index in [0.717, 1.165) is 17.2 Å². The molecule has 0 saturated carbocycles. The van der Waals surface area contributed by atoms with Crippen LogP contribution in [0.15, 0.2) is 24.3 Å². The van der Waals surface area contributed by atoms with Crippen molar-refractivity contribution in [2.24, 2.45) is 0 Å². The predicted octanol–water partition coefficient (Wildman–Crippen LogP) is 3.09. The fourth-order valence-corrected chi connectivity index (χ4v) is 4.02. The monoisotopic (exact) mass is 435 g/mol. The highest BCUT2D eigenvalue weighted by molar-refractivity contribution is 5.93. The number of carbonyl (C=O) groups is 2. The van der Waals surface area contributed by atoms with Gasteiger partial charge in [0.05, 0.1) is 25.9 Å². The first-order chi connectivity index (χ1) is 14.8. The third-order valence-corrected chi connectivity index (χ3v) is 5.61. The Labute approximate surface area is 176 Å². The van der Waals surface area contributed by atoms with Crippen molar-refractivity contribution >= 4 is 17.6 Å². The Kier molecular flexibility index (Phi) is 5.38. The number of ether oxygens (including phenoxy) is 2. The standard InChI is InChI=1S/C21H20F3N3O4/c1-30-16-7-11-5-6-27-15(12(11)8-17(16)31-2)9-26(10-18(27)28)21(29)25-14-4-3-13(22)19(23)20(14)24/h3-4,7-8,15H,5-6,9-10H2,1-2H3,(H,25,29). The Hall–Kier alpha value is -3.43. The number of nitrogens with one attached hydrogen (secondary N) is 1. The van der Waals surface area contributed by atoms with Crippen LogP contribution in [-0.2, 0) is 11.2 Å². The Balaban J connectivity index is 1.60. The third kappa shape index (κ3) is 3.62. The Morgan fingerprint density at radius 1 is 1.10 bits per heavy atom. The molecule has 1 N–H and O–H groups in total. The molecule has 1 fully saturated rings. The van der Waals surface area contributed by atoms with Crippen LogP contribution in [0.5, 0.6) is 11.5 Å². The van der Waals surface area contributed by atoms with Crippen LogP contribution in [0.25, 0.3) is 0 Å².